The third-order valence-electron chi connectivity index (χ3n) is 2.91. The van der Waals surface area contributed by atoms with Crippen molar-refractivity contribution in [1.82, 2.24) is 4.72 Å². The van der Waals surface area contributed by atoms with Crippen molar-refractivity contribution < 1.29 is 22.7 Å². The fourth-order valence-corrected chi connectivity index (χ4v) is 3.08. The summed E-state index contributed by atoms with van der Waals surface area (Å²) in [7, 11) is -3.78. The zero-order valence-corrected chi connectivity index (χ0v) is 12.2. The van der Waals surface area contributed by atoms with E-state index in [9.17, 15) is 17.6 Å². The van der Waals surface area contributed by atoms with Crippen molar-refractivity contribution in [2.24, 2.45) is 5.92 Å². The Morgan fingerprint density at radius 3 is 2.70 bits per heavy atom. The van der Waals surface area contributed by atoms with Gasteiger partial charge in [0.2, 0.25) is 10.0 Å². The van der Waals surface area contributed by atoms with Crippen molar-refractivity contribution >= 4 is 16.0 Å². The molecule has 7 heteroatoms. The lowest BCUT2D eigenvalue weighted by molar-refractivity contribution is -0.137. The molecule has 0 aliphatic rings. The Labute approximate surface area is 117 Å². The Hall–Kier alpha value is -1.47. The predicted molar refractivity (Wildman–Crippen MR) is 72.4 cm³/mol. The van der Waals surface area contributed by atoms with E-state index >= 15 is 0 Å². The maximum atomic E-state index is 13.1. The number of aryl methyl sites for hydroxylation is 1. The summed E-state index contributed by atoms with van der Waals surface area (Å²) in [6.07, 6.45) is 0.363. The zero-order valence-electron chi connectivity index (χ0n) is 11.4. The Balaban J connectivity index is 2.70. The van der Waals surface area contributed by atoms with Crippen LogP contribution in [0.25, 0.3) is 0 Å². The van der Waals surface area contributed by atoms with Gasteiger partial charge in [0.25, 0.3) is 0 Å². The molecule has 5 nitrogen and oxygen atoms in total. The molecule has 0 heterocycles. The molecule has 0 aromatic heterocycles. The molecule has 0 aliphatic carbocycles. The maximum Gasteiger partial charge on any atom is 0.303 e. The van der Waals surface area contributed by atoms with Gasteiger partial charge in [0.1, 0.15) is 5.82 Å². The Morgan fingerprint density at radius 1 is 1.45 bits per heavy atom. The van der Waals surface area contributed by atoms with E-state index in [-0.39, 0.29) is 23.8 Å². The third kappa shape index (κ3) is 4.90. The first kappa shape index (κ1) is 16.6. The van der Waals surface area contributed by atoms with E-state index in [1.165, 1.54) is 12.1 Å². The molecular formula is C13H18FNO4S. The third-order valence-corrected chi connectivity index (χ3v) is 4.48. The number of carboxylic acid groups (broad SMARTS) is 1. The minimum absolute atomic E-state index is 0.0120. The number of aliphatic carboxylic acids is 1. The summed E-state index contributed by atoms with van der Waals surface area (Å²) in [5.41, 5.74) is 0.456. The molecule has 0 radical (unpaired) electrons. The van der Waals surface area contributed by atoms with E-state index in [0.29, 0.717) is 12.0 Å². The van der Waals surface area contributed by atoms with Gasteiger partial charge in [-0.15, -0.1) is 0 Å². The molecule has 1 atom stereocenters. The first-order valence-corrected chi connectivity index (χ1v) is 7.68. The lowest BCUT2D eigenvalue weighted by atomic mass is 10.1. The summed E-state index contributed by atoms with van der Waals surface area (Å²) in [6, 6.07) is 3.57. The molecule has 1 rings (SSSR count). The van der Waals surface area contributed by atoms with Gasteiger partial charge in [0, 0.05) is 13.0 Å². The van der Waals surface area contributed by atoms with E-state index in [4.69, 9.17) is 5.11 Å². The molecular weight excluding hydrogens is 285 g/mol. The van der Waals surface area contributed by atoms with Gasteiger partial charge in [0.05, 0.1) is 4.90 Å². The van der Waals surface area contributed by atoms with Crippen LogP contribution in [-0.4, -0.2) is 26.0 Å². The van der Waals surface area contributed by atoms with E-state index in [1.807, 2.05) is 0 Å². The van der Waals surface area contributed by atoms with Gasteiger partial charge in [-0.2, -0.15) is 0 Å². The normalized spacial score (nSPS) is 13.2. The van der Waals surface area contributed by atoms with Crippen LogP contribution in [0.1, 0.15) is 25.3 Å². The van der Waals surface area contributed by atoms with E-state index < -0.39 is 21.8 Å². The lowest BCUT2D eigenvalue weighted by Crippen LogP contribution is -2.29. The number of carbonyl (C=O) groups is 1. The minimum atomic E-state index is -3.78. The van der Waals surface area contributed by atoms with Crippen molar-refractivity contribution in [2.75, 3.05) is 6.54 Å². The highest BCUT2D eigenvalue weighted by Gasteiger charge is 2.18. The SMILES string of the molecule is Cc1ccc(F)cc1S(=O)(=O)NCC(C)CCC(=O)O. The lowest BCUT2D eigenvalue weighted by Gasteiger charge is -2.13. The average molecular weight is 303 g/mol. The van der Waals surface area contributed by atoms with Crippen molar-refractivity contribution in [3.63, 3.8) is 0 Å². The predicted octanol–water partition coefficient (Wildman–Crippen LogP) is 1.91. The molecule has 1 aromatic rings. The summed E-state index contributed by atoms with van der Waals surface area (Å²) >= 11 is 0. The molecule has 0 fully saturated rings. The van der Waals surface area contributed by atoms with Crippen molar-refractivity contribution in [1.29, 1.82) is 0 Å². The minimum Gasteiger partial charge on any atom is -0.481 e. The summed E-state index contributed by atoms with van der Waals surface area (Å²) in [6.45, 7) is 3.46. The summed E-state index contributed by atoms with van der Waals surface area (Å²) < 4.78 is 39.6. The number of halogens is 1. The van der Waals surface area contributed by atoms with Crippen LogP contribution < -0.4 is 4.72 Å². The van der Waals surface area contributed by atoms with E-state index in [0.717, 1.165) is 6.07 Å². The largest absolute Gasteiger partial charge is 0.481 e. The molecule has 0 saturated heterocycles. The average Bonchev–Trinajstić information content (AvgIpc) is 2.36. The second-order valence-electron chi connectivity index (χ2n) is 4.80. The zero-order chi connectivity index (χ0) is 15.3. The molecule has 0 amide bonds. The fourth-order valence-electron chi connectivity index (χ4n) is 1.67. The Bertz CT molecular complexity index is 586. The van der Waals surface area contributed by atoms with Crippen molar-refractivity contribution in [2.45, 2.75) is 31.6 Å². The second kappa shape index (κ2) is 6.81. The van der Waals surface area contributed by atoms with Gasteiger partial charge in [0.15, 0.2) is 0 Å². The van der Waals surface area contributed by atoms with Crippen LogP contribution >= 0.6 is 0 Å². The van der Waals surface area contributed by atoms with Crippen LogP contribution in [0.2, 0.25) is 0 Å². The Morgan fingerprint density at radius 2 is 2.10 bits per heavy atom. The van der Waals surface area contributed by atoms with Crippen LogP contribution in [0.3, 0.4) is 0 Å². The first-order valence-electron chi connectivity index (χ1n) is 6.20. The summed E-state index contributed by atoms with van der Waals surface area (Å²) in [5, 5.41) is 8.56. The maximum absolute atomic E-state index is 13.1. The fraction of sp³-hybridized carbons (Fsp3) is 0.462. The quantitative estimate of drug-likeness (QED) is 0.806. The van der Waals surface area contributed by atoms with Gasteiger partial charge in [-0.1, -0.05) is 13.0 Å². The molecule has 112 valence electrons. The molecule has 20 heavy (non-hydrogen) atoms. The van der Waals surface area contributed by atoms with Crippen LogP contribution in [0.15, 0.2) is 23.1 Å². The van der Waals surface area contributed by atoms with Gasteiger partial charge in [-0.3, -0.25) is 4.79 Å². The highest BCUT2D eigenvalue weighted by molar-refractivity contribution is 7.89. The molecule has 0 bridgehead atoms. The number of benzene rings is 1. The standard InChI is InChI=1S/C13H18FNO4S/c1-9(3-6-13(16)17)8-15-20(18,19)12-7-11(14)5-4-10(12)2/h4-5,7,9,15H,3,6,8H2,1-2H3,(H,16,17). The van der Waals surface area contributed by atoms with Gasteiger partial charge < -0.3 is 5.11 Å². The number of hydrogen-bond acceptors (Lipinski definition) is 3. The van der Waals surface area contributed by atoms with Gasteiger partial charge >= 0.3 is 5.97 Å². The van der Waals surface area contributed by atoms with Crippen LogP contribution in [-0.2, 0) is 14.8 Å². The first-order chi connectivity index (χ1) is 9.22. The van der Waals surface area contributed by atoms with E-state index in [1.54, 1.807) is 13.8 Å². The van der Waals surface area contributed by atoms with Gasteiger partial charge in [-0.05, 0) is 37.0 Å². The highest BCUT2D eigenvalue weighted by atomic mass is 32.2. The molecule has 1 unspecified atom stereocenters. The molecule has 1 aromatic carbocycles. The van der Waals surface area contributed by atoms with Crippen LogP contribution in [0.5, 0.6) is 0 Å². The summed E-state index contributed by atoms with van der Waals surface area (Å²) in [5.74, 6) is -1.65. The van der Waals surface area contributed by atoms with E-state index in [2.05, 4.69) is 4.72 Å². The number of hydrogen-bond donors (Lipinski definition) is 2. The second-order valence-corrected chi connectivity index (χ2v) is 6.53. The number of carboxylic acids is 1. The summed E-state index contributed by atoms with van der Waals surface area (Å²) in [4.78, 5) is 10.3. The Kier molecular flexibility index (Phi) is 5.64. The highest BCUT2D eigenvalue weighted by Crippen LogP contribution is 2.16. The number of rotatable bonds is 7. The van der Waals surface area contributed by atoms with Crippen molar-refractivity contribution in [3.8, 4) is 0 Å². The smallest absolute Gasteiger partial charge is 0.303 e. The molecule has 0 aliphatic heterocycles. The van der Waals surface area contributed by atoms with Crippen LogP contribution in [0.4, 0.5) is 4.39 Å². The molecule has 0 saturated carbocycles. The number of nitrogens with one attached hydrogen (secondary N) is 1. The topological polar surface area (TPSA) is 83.5 Å². The van der Waals surface area contributed by atoms with Crippen molar-refractivity contribution in [3.05, 3.63) is 29.6 Å². The molecule has 0 spiro atoms. The molecule has 2 N–H and O–H groups in total. The van der Waals surface area contributed by atoms with Crippen LogP contribution in [0, 0.1) is 18.7 Å². The number of sulfonamides is 1. The monoisotopic (exact) mass is 303 g/mol. The van der Waals surface area contributed by atoms with Gasteiger partial charge in [-0.25, -0.2) is 17.5 Å².